The van der Waals surface area contributed by atoms with Crippen molar-refractivity contribution in [3.63, 3.8) is 0 Å². The van der Waals surface area contributed by atoms with E-state index in [4.69, 9.17) is 0 Å². The summed E-state index contributed by atoms with van der Waals surface area (Å²) in [6, 6.07) is 0. The van der Waals surface area contributed by atoms with E-state index in [9.17, 15) is 0 Å². The summed E-state index contributed by atoms with van der Waals surface area (Å²) in [6.45, 7) is 0. The second-order valence-corrected chi connectivity index (χ2v) is 22.9. The molecule has 0 bridgehead atoms. The third-order valence-corrected chi connectivity index (χ3v) is 21.7. The summed E-state index contributed by atoms with van der Waals surface area (Å²) >= 11 is 0. The molecule has 24 atom stereocenters. The van der Waals surface area contributed by atoms with Crippen molar-refractivity contribution < 1.29 is 17.6 Å². The predicted molar refractivity (Wildman–Crippen MR) is 198 cm³/mol. The van der Waals surface area contributed by atoms with E-state index >= 15 is 17.6 Å². The molecule has 0 radical (unpaired) electrons. The van der Waals surface area contributed by atoms with Gasteiger partial charge in [-0.3, -0.25) is 0 Å². The smallest absolute Gasteiger partial charge is 0.103 e. The van der Waals surface area contributed by atoms with Gasteiger partial charge in [-0.15, -0.1) is 0 Å². The third-order valence-electron chi connectivity index (χ3n) is 21.7. The lowest BCUT2D eigenvalue weighted by molar-refractivity contribution is -0.169. The molecule has 52 heavy (non-hydrogen) atoms. The second-order valence-electron chi connectivity index (χ2n) is 22.9. The summed E-state index contributed by atoms with van der Waals surface area (Å²) in [6.07, 6.45) is 21.1. The maximum absolute atomic E-state index is 15.9. The molecule has 12 saturated carbocycles. The highest BCUT2D eigenvalue weighted by Crippen LogP contribution is 2.78. The van der Waals surface area contributed by atoms with Crippen LogP contribution in [0.3, 0.4) is 0 Å². The van der Waals surface area contributed by atoms with Gasteiger partial charge in [-0.05, 0) is 220 Å². The number of halogens is 4. The van der Waals surface area contributed by atoms with Crippen LogP contribution in [0.5, 0.6) is 0 Å². The molecule has 0 nitrogen and oxygen atoms in total. The predicted octanol–water partition coefficient (Wildman–Crippen LogP) is 12.6. The fraction of sp³-hybridized carbons (Fsp3) is 1.00. The molecule has 0 aromatic heterocycles. The molecule has 0 aliphatic heterocycles. The molecule has 4 heteroatoms. The Morgan fingerprint density at radius 2 is 0.692 bits per heavy atom. The van der Waals surface area contributed by atoms with Gasteiger partial charge in [0, 0.05) is 12.8 Å². The van der Waals surface area contributed by atoms with E-state index in [0.29, 0.717) is 78.9 Å². The van der Waals surface area contributed by atoms with Gasteiger partial charge in [0.1, 0.15) is 24.7 Å². The van der Waals surface area contributed by atoms with E-state index in [2.05, 4.69) is 0 Å². The molecule has 12 aliphatic rings. The Morgan fingerprint density at radius 3 is 1.40 bits per heavy atom. The average molecular weight is 723 g/mol. The van der Waals surface area contributed by atoms with Crippen molar-refractivity contribution in [3.8, 4) is 0 Å². The summed E-state index contributed by atoms with van der Waals surface area (Å²) in [5.41, 5.74) is 0. The summed E-state index contributed by atoms with van der Waals surface area (Å²) in [5.74, 6) is 15.2. The summed E-state index contributed by atoms with van der Waals surface area (Å²) in [7, 11) is 0. The fourth-order valence-corrected chi connectivity index (χ4v) is 21.4. The second kappa shape index (κ2) is 12.6. The first-order valence-electron chi connectivity index (χ1n) is 24.0. The largest absolute Gasteiger partial charge is 0.247 e. The van der Waals surface area contributed by atoms with Crippen molar-refractivity contribution in [2.45, 2.75) is 166 Å². The van der Waals surface area contributed by atoms with E-state index in [0.717, 1.165) is 65.1 Å². The molecule has 0 N–H and O–H groups in total. The maximum atomic E-state index is 15.9. The number of rotatable bonds is 2. The standard InChI is InChI=1S/C48H70F4/c49-28-15-26(16-29(50)20-28)41-39-22-37-33-8-2-1-7-32(33)34-9-4-10-35(44(34)37)45(39)43(27-17-30(51)21-31(52)18-27)47-36-14-13-24-12-11-23-5-3-6-25-19-38(48(41)47)46(36)42(24)40(23)25/h23-48H,1-22H2. The number of hydrogen-bond donors (Lipinski definition) is 0. The van der Waals surface area contributed by atoms with Crippen LogP contribution >= 0.6 is 0 Å². The Hall–Kier alpha value is -0.280. The lowest BCUT2D eigenvalue weighted by Crippen LogP contribution is -2.59. The van der Waals surface area contributed by atoms with Crippen LogP contribution in [-0.4, -0.2) is 24.7 Å². The van der Waals surface area contributed by atoms with Crippen LogP contribution < -0.4 is 0 Å². The Kier molecular flexibility index (Phi) is 8.20. The number of fused-ring (bicyclic) bond motifs is 8. The highest BCUT2D eigenvalue weighted by molar-refractivity contribution is 5.20. The van der Waals surface area contributed by atoms with Gasteiger partial charge in [0.15, 0.2) is 0 Å². The monoisotopic (exact) mass is 723 g/mol. The summed E-state index contributed by atoms with van der Waals surface area (Å²) < 4.78 is 63.4. The van der Waals surface area contributed by atoms with Crippen LogP contribution in [-0.2, 0) is 0 Å². The van der Waals surface area contributed by atoms with Crippen LogP contribution in [0.4, 0.5) is 17.6 Å². The number of hydrogen-bond acceptors (Lipinski definition) is 0. The summed E-state index contributed by atoms with van der Waals surface area (Å²) in [5, 5.41) is 0. The van der Waals surface area contributed by atoms with E-state index in [1.807, 2.05) is 0 Å². The van der Waals surface area contributed by atoms with Crippen LogP contribution in [0, 0.1) is 130 Å². The molecule has 12 aliphatic carbocycles. The molecule has 12 rings (SSSR count). The van der Waals surface area contributed by atoms with Crippen molar-refractivity contribution in [1.82, 2.24) is 0 Å². The van der Waals surface area contributed by atoms with E-state index in [1.54, 1.807) is 0 Å². The molecule has 0 saturated heterocycles. The molecule has 0 aromatic rings. The molecule has 0 aromatic carbocycles. The first-order valence-corrected chi connectivity index (χ1v) is 24.0. The van der Waals surface area contributed by atoms with Crippen LogP contribution in [0.15, 0.2) is 0 Å². The first kappa shape index (κ1) is 33.8. The molecular weight excluding hydrogens is 653 g/mol. The highest BCUT2D eigenvalue weighted by atomic mass is 19.2. The molecule has 0 amide bonds. The van der Waals surface area contributed by atoms with Gasteiger partial charge in [-0.2, -0.15) is 0 Å². The zero-order valence-corrected chi connectivity index (χ0v) is 32.1. The van der Waals surface area contributed by atoms with Gasteiger partial charge in [0.2, 0.25) is 0 Å². The Morgan fingerprint density at radius 1 is 0.212 bits per heavy atom. The topological polar surface area (TPSA) is 0 Å². The molecule has 24 unspecified atom stereocenters. The van der Waals surface area contributed by atoms with Gasteiger partial charge in [-0.1, -0.05) is 38.5 Å². The molecule has 0 spiro atoms. The number of alkyl halides is 4. The minimum Gasteiger partial charge on any atom is -0.247 e. The van der Waals surface area contributed by atoms with E-state index in [-0.39, 0.29) is 24.7 Å². The zero-order valence-electron chi connectivity index (χ0n) is 32.1. The molecular formula is C48H70F4. The van der Waals surface area contributed by atoms with Gasteiger partial charge < -0.3 is 0 Å². The normalized spacial score (nSPS) is 64.4. The third kappa shape index (κ3) is 4.81. The van der Waals surface area contributed by atoms with Crippen molar-refractivity contribution in [2.24, 2.45) is 130 Å². The maximum Gasteiger partial charge on any atom is 0.103 e. The van der Waals surface area contributed by atoms with Crippen LogP contribution in [0.1, 0.15) is 141 Å². The Bertz CT molecular complexity index is 1330. The van der Waals surface area contributed by atoms with Crippen LogP contribution in [0.25, 0.3) is 0 Å². The van der Waals surface area contributed by atoms with Crippen LogP contribution in [0.2, 0.25) is 0 Å². The zero-order chi connectivity index (χ0) is 34.6. The average Bonchev–Trinajstić information content (AvgIpc) is 3.64. The Balaban J connectivity index is 1.03. The summed E-state index contributed by atoms with van der Waals surface area (Å²) in [4.78, 5) is 0. The van der Waals surface area contributed by atoms with Crippen molar-refractivity contribution >= 4 is 0 Å². The molecule has 12 fully saturated rings. The minimum atomic E-state index is -0.993. The molecule has 290 valence electrons. The minimum absolute atomic E-state index is 0.119. The SMILES string of the molecule is FC1CC(F)CC(C2C3CC4C5CCCCC5C5CCCC(C54)C3C(C3CC(F)CC(F)C3)C3C4CCC5CCC6CCCC7CC(C4C5C67)C23)C1. The van der Waals surface area contributed by atoms with Crippen molar-refractivity contribution in [3.05, 3.63) is 0 Å². The molecule has 0 heterocycles. The first-order chi connectivity index (χ1) is 25.4. The van der Waals surface area contributed by atoms with Gasteiger partial charge in [-0.25, -0.2) is 17.6 Å². The van der Waals surface area contributed by atoms with Gasteiger partial charge in [0.25, 0.3) is 0 Å². The van der Waals surface area contributed by atoms with E-state index < -0.39 is 24.7 Å². The fourth-order valence-electron chi connectivity index (χ4n) is 21.4. The Labute approximate surface area is 312 Å². The lowest BCUT2D eigenvalue weighted by atomic mass is 9.41. The highest BCUT2D eigenvalue weighted by Gasteiger charge is 2.72. The van der Waals surface area contributed by atoms with Gasteiger partial charge >= 0.3 is 0 Å². The van der Waals surface area contributed by atoms with E-state index in [1.165, 1.54) is 103 Å². The van der Waals surface area contributed by atoms with Crippen molar-refractivity contribution in [1.29, 1.82) is 0 Å². The quantitative estimate of drug-likeness (QED) is 0.249. The van der Waals surface area contributed by atoms with Gasteiger partial charge in [0.05, 0.1) is 0 Å². The lowest BCUT2D eigenvalue weighted by Gasteiger charge is -2.64. The van der Waals surface area contributed by atoms with Crippen molar-refractivity contribution in [2.75, 3.05) is 0 Å².